The Labute approximate surface area is 192 Å². The summed E-state index contributed by atoms with van der Waals surface area (Å²) < 4.78 is 16.1. The Balaban J connectivity index is 1.45. The van der Waals surface area contributed by atoms with Crippen molar-refractivity contribution in [1.29, 1.82) is 0 Å². The Bertz CT molecular complexity index is 1030. The number of nitrogens with one attached hydrogen (secondary N) is 1. The van der Waals surface area contributed by atoms with Crippen LogP contribution in [0.2, 0.25) is 5.02 Å². The first-order valence-electron chi connectivity index (χ1n) is 10.1. The fraction of sp³-hybridized carbons (Fsp3) is 0.200. The summed E-state index contributed by atoms with van der Waals surface area (Å²) in [7, 11) is 1.62. The number of halogens is 1. The first-order valence-corrected chi connectivity index (χ1v) is 10.4. The maximum atomic E-state index is 12.5. The number of ketones is 1. The Morgan fingerprint density at radius 2 is 1.53 bits per heavy atom. The molecule has 0 aliphatic carbocycles. The van der Waals surface area contributed by atoms with Gasteiger partial charge in [-0.05, 0) is 66.2 Å². The second kappa shape index (κ2) is 11.9. The van der Waals surface area contributed by atoms with Crippen LogP contribution in [0, 0.1) is 0 Å². The molecule has 0 aromatic heterocycles. The van der Waals surface area contributed by atoms with Crippen molar-refractivity contribution in [3.8, 4) is 11.5 Å². The van der Waals surface area contributed by atoms with E-state index >= 15 is 0 Å². The van der Waals surface area contributed by atoms with Crippen LogP contribution in [0.3, 0.4) is 0 Å². The topological polar surface area (TPSA) is 73.9 Å². The number of rotatable bonds is 11. The lowest BCUT2D eigenvalue weighted by Crippen LogP contribution is -2.28. The van der Waals surface area contributed by atoms with E-state index in [9.17, 15) is 9.59 Å². The number of carbonyl (C=O) groups is 2. The average Bonchev–Trinajstić information content (AvgIpc) is 2.82. The highest BCUT2D eigenvalue weighted by Crippen LogP contribution is 2.17. The maximum absolute atomic E-state index is 12.5. The van der Waals surface area contributed by atoms with Crippen molar-refractivity contribution in [3.63, 3.8) is 0 Å². The van der Waals surface area contributed by atoms with Gasteiger partial charge in [0.2, 0.25) is 0 Å². The molecule has 0 radical (unpaired) electrons. The molecule has 0 aliphatic heterocycles. The second-order valence-corrected chi connectivity index (χ2v) is 7.35. The summed E-state index contributed by atoms with van der Waals surface area (Å²) in [5.41, 5.74) is 1.99. The van der Waals surface area contributed by atoms with Crippen molar-refractivity contribution in [3.05, 3.63) is 94.5 Å². The van der Waals surface area contributed by atoms with Crippen LogP contribution < -0.4 is 14.8 Å². The van der Waals surface area contributed by atoms with Crippen molar-refractivity contribution >= 4 is 23.3 Å². The molecule has 0 heterocycles. The fourth-order valence-electron chi connectivity index (χ4n) is 2.86. The van der Waals surface area contributed by atoms with E-state index in [4.69, 9.17) is 25.8 Å². The molecule has 0 fully saturated rings. The lowest BCUT2D eigenvalue weighted by atomic mass is 10.0. The molecule has 0 aliphatic rings. The van der Waals surface area contributed by atoms with Gasteiger partial charge < -0.3 is 19.5 Å². The van der Waals surface area contributed by atoms with E-state index in [1.807, 2.05) is 24.3 Å². The molecule has 0 saturated carbocycles. The van der Waals surface area contributed by atoms with Crippen LogP contribution in [0.15, 0.2) is 72.8 Å². The van der Waals surface area contributed by atoms with Crippen LogP contribution in [-0.2, 0) is 16.1 Å². The molecule has 6 nitrogen and oxygen atoms in total. The number of ether oxygens (including phenoxy) is 3. The number of methoxy groups -OCH3 is 1. The van der Waals surface area contributed by atoms with Crippen LogP contribution in [0.4, 0.5) is 0 Å². The summed E-state index contributed by atoms with van der Waals surface area (Å²) in [6, 6.07) is 20.9. The third kappa shape index (κ3) is 7.11. The predicted octanol–water partition coefficient (Wildman–Crippen LogP) is 4.29. The van der Waals surface area contributed by atoms with E-state index in [1.54, 1.807) is 55.6 Å². The molecular formula is C25H24ClNO5. The van der Waals surface area contributed by atoms with Gasteiger partial charge in [0.1, 0.15) is 18.1 Å². The highest BCUT2D eigenvalue weighted by atomic mass is 35.5. The molecule has 1 amide bonds. The van der Waals surface area contributed by atoms with Gasteiger partial charge in [0.25, 0.3) is 5.91 Å². The Morgan fingerprint density at radius 1 is 0.844 bits per heavy atom. The lowest BCUT2D eigenvalue weighted by molar-refractivity contribution is -0.123. The van der Waals surface area contributed by atoms with Crippen LogP contribution in [0.5, 0.6) is 11.5 Å². The van der Waals surface area contributed by atoms with E-state index < -0.39 is 0 Å². The minimum absolute atomic E-state index is 0.112. The van der Waals surface area contributed by atoms with Gasteiger partial charge in [0, 0.05) is 29.8 Å². The van der Waals surface area contributed by atoms with Crippen molar-refractivity contribution in [2.24, 2.45) is 0 Å². The van der Waals surface area contributed by atoms with Crippen LogP contribution >= 0.6 is 11.6 Å². The highest BCUT2D eigenvalue weighted by molar-refractivity contribution is 6.30. The van der Waals surface area contributed by atoms with Crippen molar-refractivity contribution in [2.75, 3.05) is 26.9 Å². The van der Waals surface area contributed by atoms with Crippen LogP contribution in [0.25, 0.3) is 0 Å². The number of benzene rings is 3. The molecule has 3 rings (SSSR count). The Kier molecular flexibility index (Phi) is 8.66. The van der Waals surface area contributed by atoms with Gasteiger partial charge in [-0.15, -0.1) is 0 Å². The number of hydrogen-bond donors (Lipinski definition) is 1. The van der Waals surface area contributed by atoms with Gasteiger partial charge in [0.05, 0.1) is 6.61 Å². The SMILES string of the molecule is COCCOc1cccc(CNC(=O)COc2ccc(C(=O)c3ccc(Cl)cc3)cc2)c1. The van der Waals surface area contributed by atoms with E-state index in [2.05, 4.69) is 5.32 Å². The third-order valence-corrected chi connectivity index (χ3v) is 4.79. The molecule has 1 N–H and O–H groups in total. The van der Waals surface area contributed by atoms with Crippen molar-refractivity contribution in [1.82, 2.24) is 5.32 Å². The van der Waals surface area contributed by atoms with Crippen molar-refractivity contribution in [2.45, 2.75) is 6.54 Å². The molecule has 0 unspecified atom stereocenters. The normalized spacial score (nSPS) is 10.4. The standard InChI is InChI=1S/C25H24ClNO5/c1-30-13-14-31-23-4-2-3-18(15-23)16-27-24(28)17-32-22-11-7-20(8-12-22)25(29)19-5-9-21(26)10-6-19/h2-12,15H,13-14,16-17H2,1H3,(H,27,28). The molecule has 0 atom stereocenters. The summed E-state index contributed by atoms with van der Waals surface area (Å²) in [6.07, 6.45) is 0. The minimum atomic E-state index is -0.253. The summed E-state index contributed by atoms with van der Waals surface area (Å²) in [4.78, 5) is 24.6. The van der Waals surface area contributed by atoms with E-state index in [0.717, 1.165) is 11.3 Å². The Hall–Kier alpha value is -3.35. The quantitative estimate of drug-likeness (QED) is 0.346. The second-order valence-electron chi connectivity index (χ2n) is 6.91. The van der Waals surface area contributed by atoms with Crippen LogP contribution in [0.1, 0.15) is 21.5 Å². The zero-order valence-corrected chi connectivity index (χ0v) is 18.4. The van der Waals surface area contributed by atoms with Gasteiger partial charge in [-0.25, -0.2) is 0 Å². The predicted molar refractivity (Wildman–Crippen MR) is 122 cm³/mol. The summed E-state index contributed by atoms with van der Waals surface area (Å²) >= 11 is 5.86. The molecule has 0 bridgehead atoms. The van der Waals surface area contributed by atoms with Gasteiger partial charge in [-0.1, -0.05) is 23.7 Å². The van der Waals surface area contributed by atoms with Gasteiger partial charge >= 0.3 is 0 Å². The minimum Gasteiger partial charge on any atom is -0.491 e. The van der Waals surface area contributed by atoms with E-state index in [1.165, 1.54) is 0 Å². The molecule has 0 saturated heterocycles. The third-order valence-electron chi connectivity index (χ3n) is 4.54. The molecular weight excluding hydrogens is 430 g/mol. The highest BCUT2D eigenvalue weighted by Gasteiger charge is 2.10. The van der Waals surface area contributed by atoms with E-state index in [0.29, 0.717) is 41.7 Å². The summed E-state index contributed by atoms with van der Waals surface area (Å²) in [6.45, 7) is 1.20. The maximum Gasteiger partial charge on any atom is 0.258 e. The monoisotopic (exact) mass is 453 g/mol. The molecule has 3 aromatic carbocycles. The molecule has 7 heteroatoms. The molecule has 32 heavy (non-hydrogen) atoms. The smallest absolute Gasteiger partial charge is 0.258 e. The zero-order chi connectivity index (χ0) is 22.8. The van der Waals surface area contributed by atoms with Crippen molar-refractivity contribution < 1.29 is 23.8 Å². The largest absolute Gasteiger partial charge is 0.491 e. The Morgan fingerprint density at radius 3 is 2.22 bits per heavy atom. The first-order chi connectivity index (χ1) is 15.5. The van der Waals surface area contributed by atoms with Gasteiger partial charge in [0.15, 0.2) is 12.4 Å². The van der Waals surface area contributed by atoms with Gasteiger partial charge in [-0.2, -0.15) is 0 Å². The molecule has 0 spiro atoms. The average molecular weight is 454 g/mol. The zero-order valence-electron chi connectivity index (χ0n) is 17.7. The van der Waals surface area contributed by atoms with Crippen LogP contribution in [-0.4, -0.2) is 38.6 Å². The number of amides is 1. The number of carbonyl (C=O) groups excluding carboxylic acids is 2. The summed E-state index contributed by atoms with van der Waals surface area (Å²) in [5, 5.41) is 3.39. The fourth-order valence-corrected chi connectivity index (χ4v) is 2.99. The first kappa shape index (κ1) is 23.3. The van der Waals surface area contributed by atoms with Gasteiger partial charge in [-0.3, -0.25) is 9.59 Å². The molecule has 166 valence electrons. The van der Waals surface area contributed by atoms with E-state index in [-0.39, 0.29) is 18.3 Å². The summed E-state index contributed by atoms with van der Waals surface area (Å²) in [5.74, 6) is 0.857. The lowest BCUT2D eigenvalue weighted by Gasteiger charge is -2.10. The number of hydrogen-bond acceptors (Lipinski definition) is 5. The molecule has 3 aromatic rings.